The van der Waals surface area contributed by atoms with Gasteiger partial charge in [-0.1, -0.05) is 25.4 Å². The normalized spacial score (nSPS) is 21.7. The van der Waals surface area contributed by atoms with Crippen LogP contribution in [0.15, 0.2) is 18.2 Å². The Balaban J connectivity index is 2.00. The predicted octanol–water partition coefficient (Wildman–Crippen LogP) is 5.12. The zero-order valence-electron chi connectivity index (χ0n) is 12.3. The number of rotatable bonds is 4. The Morgan fingerprint density at radius 2 is 2.11 bits per heavy atom. The van der Waals surface area contributed by atoms with Crippen molar-refractivity contribution in [2.45, 2.75) is 59.1 Å². The van der Waals surface area contributed by atoms with Crippen LogP contribution in [0.3, 0.4) is 0 Å². The second kappa shape index (κ2) is 5.62. The van der Waals surface area contributed by atoms with E-state index in [0.29, 0.717) is 16.5 Å². The SMILES string of the molecule is CC(C)Oc1ccc(NC2CCC(C)(C)C2)cc1Cl. The third-order valence-electron chi connectivity index (χ3n) is 3.63. The van der Waals surface area contributed by atoms with Crippen molar-refractivity contribution in [3.63, 3.8) is 0 Å². The number of hydrogen-bond acceptors (Lipinski definition) is 2. The molecule has 1 aromatic carbocycles. The molecule has 0 aliphatic heterocycles. The Labute approximate surface area is 121 Å². The first kappa shape index (κ1) is 14.5. The second-order valence-corrected chi connectivity index (χ2v) is 6.97. The van der Waals surface area contributed by atoms with Crippen LogP contribution in [0.1, 0.15) is 47.0 Å². The molecule has 1 saturated carbocycles. The highest BCUT2D eigenvalue weighted by atomic mass is 35.5. The van der Waals surface area contributed by atoms with Gasteiger partial charge in [0, 0.05) is 11.7 Å². The molecule has 0 spiro atoms. The van der Waals surface area contributed by atoms with Crippen LogP contribution in [0.25, 0.3) is 0 Å². The Morgan fingerprint density at radius 3 is 2.63 bits per heavy atom. The standard InChI is InChI=1S/C16H24ClNO/c1-11(2)19-15-6-5-12(9-14(15)17)18-13-7-8-16(3,4)10-13/h5-6,9,11,13,18H,7-8,10H2,1-4H3. The summed E-state index contributed by atoms with van der Waals surface area (Å²) in [5.74, 6) is 0.758. The molecule has 0 heterocycles. The van der Waals surface area contributed by atoms with E-state index < -0.39 is 0 Å². The fourth-order valence-electron chi connectivity index (χ4n) is 2.74. The third-order valence-corrected chi connectivity index (χ3v) is 3.93. The molecule has 3 heteroatoms. The number of anilines is 1. The Hall–Kier alpha value is -0.890. The number of benzene rings is 1. The largest absolute Gasteiger partial charge is 0.489 e. The molecule has 19 heavy (non-hydrogen) atoms. The average Bonchev–Trinajstić information content (AvgIpc) is 2.61. The number of halogens is 1. The zero-order valence-corrected chi connectivity index (χ0v) is 13.1. The summed E-state index contributed by atoms with van der Waals surface area (Å²) in [5.41, 5.74) is 1.55. The summed E-state index contributed by atoms with van der Waals surface area (Å²) in [5, 5.41) is 4.25. The Bertz CT molecular complexity index is 442. The topological polar surface area (TPSA) is 21.3 Å². The summed E-state index contributed by atoms with van der Waals surface area (Å²) in [7, 11) is 0. The van der Waals surface area contributed by atoms with Gasteiger partial charge in [-0.15, -0.1) is 0 Å². The first-order valence-electron chi connectivity index (χ1n) is 7.08. The average molecular weight is 282 g/mol. The van der Waals surface area contributed by atoms with Crippen molar-refractivity contribution in [1.82, 2.24) is 0 Å². The van der Waals surface area contributed by atoms with E-state index in [1.807, 2.05) is 26.0 Å². The van der Waals surface area contributed by atoms with E-state index in [1.54, 1.807) is 0 Å². The minimum Gasteiger partial charge on any atom is -0.489 e. The summed E-state index contributed by atoms with van der Waals surface area (Å²) in [4.78, 5) is 0. The van der Waals surface area contributed by atoms with Gasteiger partial charge in [0.2, 0.25) is 0 Å². The number of nitrogens with one attached hydrogen (secondary N) is 1. The van der Waals surface area contributed by atoms with Gasteiger partial charge in [-0.05, 0) is 56.7 Å². The van der Waals surface area contributed by atoms with E-state index in [0.717, 1.165) is 11.4 Å². The molecule has 0 amide bonds. The highest BCUT2D eigenvalue weighted by Gasteiger charge is 2.30. The molecule has 1 aromatic rings. The molecule has 0 bridgehead atoms. The molecule has 106 valence electrons. The maximum Gasteiger partial charge on any atom is 0.138 e. The van der Waals surface area contributed by atoms with E-state index in [9.17, 15) is 0 Å². The summed E-state index contributed by atoms with van der Waals surface area (Å²) in [6.07, 6.45) is 3.88. The fourth-order valence-corrected chi connectivity index (χ4v) is 2.96. The molecule has 1 aliphatic carbocycles. The lowest BCUT2D eigenvalue weighted by Crippen LogP contribution is -2.17. The Morgan fingerprint density at radius 1 is 1.37 bits per heavy atom. The molecule has 0 saturated heterocycles. The van der Waals surface area contributed by atoms with Crippen molar-refractivity contribution in [2.24, 2.45) is 5.41 Å². The first-order chi connectivity index (χ1) is 8.85. The van der Waals surface area contributed by atoms with Crippen molar-refractivity contribution < 1.29 is 4.74 Å². The van der Waals surface area contributed by atoms with Gasteiger partial charge in [-0.3, -0.25) is 0 Å². The van der Waals surface area contributed by atoms with Crippen molar-refractivity contribution in [3.8, 4) is 5.75 Å². The molecule has 1 atom stereocenters. The van der Waals surface area contributed by atoms with Crippen molar-refractivity contribution >= 4 is 17.3 Å². The molecule has 0 radical (unpaired) electrons. The summed E-state index contributed by atoms with van der Waals surface area (Å²) in [6, 6.07) is 6.52. The molecule has 2 rings (SSSR count). The number of ether oxygens (including phenoxy) is 1. The summed E-state index contributed by atoms with van der Waals surface area (Å²) < 4.78 is 5.64. The maximum atomic E-state index is 6.25. The molecular formula is C16H24ClNO. The minimum absolute atomic E-state index is 0.145. The molecule has 1 fully saturated rings. The molecule has 1 aliphatic rings. The molecule has 1 N–H and O–H groups in total. The lowest BCUT2D eigenvalue weighted by molar-refractivity contribution is 0.242. The molecule has 2 nitrogen and oxygen atoms in total. The van der Waals surface area contributed by atoms with E-state index in [4.69, 9.17) is 16.3 Å². The predicted molar refractivity (Wildman–Crippen MR) is 82.3 cm³/mol. The van der Waals surface area contributed by atoms with Crippen molar-refractivity contribution in [1.29, 1.82) is 0 Å². The fraction of sp³-hybridized carbons (Fsp3) is 0.625. The van der Waals surface area contributed by atoms with Gasteiger partial charge in [0.05, 0.1) is 11.1 Å². The van der Waals surface area contributed by atoms with Gasteiger partial charge >= 0.3 is 0 Å². The quantitative estimate of drug-likeness (QED) is 0.827. The van der Waals surface area contributed by atoms with Crippen LogP contribution in [0, 0.1) is 5.41 Å². The molecular weight excluding hydrogens is 258 g/mol. The summed E-state index contributed by atoms with van der Waals surface area (Å²) in [6.45, 7) is 8.68. The summed E-state index contributed by atoms with van der Waals surface area (Å²) >= 11 is 6.25. The molecule has 0 aromatic heterocycles. The van der Waals surface area contributed by atoms with Gasteiger partial charge in [0.15, 0.2) is 0 Å². The van der Waals surface area contributed by atoms with E-state index in [1.165, 1.54) is 19.3 Å². The van der Waals surface area contributed by atoms with E-state index in [2.05, 4.69) is 25.2 Å². The maximum absolute atomic E-state index is 6.25. The highest BCUT2D eigenvalue weighted by Crippen LogP contribution is 2.39. The van der Waals surface area contributed by atoms with Crippen LogP contribution in [-0.4, -0.2) is 12.1 Å². The van der Waals surface area contributed by atoms with Crippen molar-refractivity contribution in [3.05, 3.63) is 23.2 Å². The lowest BCUT2D eigenvalue weighted by Gasteiger charge is -2.19. The van der Waals surface area contributed by atoms with Gasteiger partial charge in [-0.2, -0.15) is 0 Å². The lowest BCUT2D eigenvalue weighted by atomic mass is 9.92. The highest BCUT2D eigenvalue weighted by molar-refractivity contribution is 6.32. The van der Waals surface area contributed by atoms with Gasteiger partial charge in [0.25, 0.3) is 0 Å². The second-order valence-electron chi connectivity index (χ2n) is 6.56. The number of hydrogen-bond donors (Lipinski definition) is 1. The van der Waals surface area contributed by atoms with Gasteiger partial charge < -0.3 is 10.1 Å². The van der Waals surface area contributed by atoms with E-state index in [-0.39, 0.29) is 6.10 Å². The van der Waals surface area contributed by atoms with Crippen LogP contribution in [0.5, 0.6) is 5.75 Å². The van der Waals surface area contributed by atoms with Gasteiger partial charge in [-0.25, -0.2) is 0 Å². The van der Waals surface area contributed by atoms with Crippen LogP contribution >= 0.6 is 11.6 Å². The minimum atomic E-state index is 0.145. The van der Waals surface area contributed by atoms with Crippen LogP contribution in [-0.2, 0) is 0 Å². The Kier molecular flexibility index (Phi) is 4.29. The zero-order chi connectivity index (χ0) is 14.0. The monoisotopic (exact) mass is 281 g/mol. The van der Waals surface area contributed by atoms with Crippen LogP contribution < -0.4 is 10.1 Å². The van der Waals surface area contributed by atoms with E-state index >= 15 is 0 Å². The van der Waals surface area contributed by atoms with Gasteiger partial charge in [0.1, 0.15) is 5.75 Å². The molecule has 1 unspecified atom stereocenters. The third kappa shape index (κ3) is 4.04. The van der Waals surface area contributed by atoms with Crippen molar-refractivity contribution in [2.75, 3.05) is 5.32 Å². The first-order valence-corrected chi connectivity index (χ1v) is 7.46. The van der Waals surface area contributed by atoms with Crippen LogP contribution in [0.2, 0.25) is 5.02 Å². The smallest absolute Gasteiger partial charge is 0.138 e. The van der Waals surface area contributed by atoms with Crippen LogP contribution in [0.4, 0.5) is 5.69 Å².